The first-order valence-electron chi connectivity index (χ1n) is 10.4. The molecular formula is C24H24FN3O4S. The number of carboxylic acid groups (broad SMARTS) is 1. The Morgan fingerprint density at radius 1 is 1.24 bits per heavy atom. The minimum absolute atomic E-state index is 0.164. The zero-order chi connectivity index (χ0) is 23.5. The number of hydrogen-bond acceptors (Lipinski definition) is 6. The molecule has 0 unspecified atom stereocenters. The van der Waals surface area contributed by atoms with Crippen LogP contribution in [0.4, 0.5) is 10.1 Å². The smallest absolute Gasteiger partial charge is 0.349 e. The number of aryl methyl sites for hydroxylation is 1. The lowest BCUT2D eigenvalue weighted by molar-refractivity contribution is 0.0698. The molecular weight excluding hydrogens is 445 g/mol. The van der Waals surface area contributed by atoms with Crippen LogP contribution < -0.4 is 14.8 Å². The zero-order valence-electron chi connectivity index (χ0n) is 18.5. The van der Waals surface area contributed by atoms with Crippen LogP contribution in [-0.4, -0.2) is 40.9 Å². The van der Waals surface area contributed by atoms with E-state index in [0.717, 1.165) is 38.5 Å². The first-order valence-corrected chi connectivity index (χ1v) is 11.3. The van der Waals surface area contributed by atoms with Crippen LogP contribution in [0.5, 0.6) is 11.5 Å². The van der Waals surface area contributed by atoms with Gasteiger partial charge in [-0.15, -0.1) is 11.3 Å². The number of aromatic nitrogens is 2. The Bertz CT molecular complexity index is 1310. The van der Waals surface area contributed by atoms with Gasteiger partial charge in [0.25, 0.3) is 0 Å². The third-order valence-electron chi connectivity index (χ3n) is 5.28. The first kappa shape index (κ1) is 22.6. The number of rotatable bonds is 9. The number of halogens is 1. The molecule has 3 heterocycles. The van der Waals surface area contributed by atoms with Crippen molar-refractivity contribution in [3.05, 3.63) is 59.1 Å². The number of benzene rings is 1. The van der Waals surface area contributed by atoms with E-state index in [1.807, 2.05) is 30.5 Å². The lowest BCUT2D eigenvalue weighted by Crippen LogP contribution is -2.12. The van der Waals surface area contributed by atoms with Gasteiger partial charge in [-0.3, -0.25) is 4.98 Å². The highest BCUT2D eigenvalue weighted by atomic mass is 32.1. The van der Waals surface area contributed by atoms with E-state index in [1.54, 1.807) is 31.6 Å². The predicted molar refractivity (Wildman–Crippen MR) is 127 cm³/mol. The van der Waals surface area contributed by atoms with E-state index in [4.69, 9.17) is 9.47 Å². The molecule has 0 aliphatic rings. The molecule has 0 fully saturated rings. The van der Waals surface area contributed by atoms with E-state index in [-0.39, 0.29) is 10.7 Å². The number of anilines is 1. The Morgan fingerprint density at radius 3 is 2.79 bits per heavy atom. The van der Waals surface area contributed by atoms with Crippen LogP contribution in [-0.2, 0) is 6.54 Å². The number of nitrogens with one attached hydrogen (secondary N) is 1. The minimum atomic E-state index is -1.02. The van der Waals surface area contributed by atoms with Gasteiger partial charge in [0, 0.05) is 47.0 Å². The predicted octanol–water partition coefficient (Wildman–Crippen LogP) is 5.43. The fourth-order valence-corrected chi connectivity index (χ4v) is 4.74. The van der Waals surface area contributed by atoms with Crippen LogP contribution in [0.15, 0.2) is 42.7 Å². The summed E-state index contributed by atoms with van der Waals surface area (Å²) < 4.78 is 27.3. The molecule has 7 nitrogen and oxygen atoms in total. The van der Waals surface area contributed by atoms with Gasteiger partial charge in [0.2, 0.25) is 0 Å². The van der Waals surface area contributed by atoms with Gasteiger partial charge in [0.15, 0.2) is 4.88 Å². The summed E-state index contributed by atoms with van der Waals surface area (Å²) in [6.07, 6.45) is 3.38. The second-order valence-corrected chi connectivity index (χ2v) is 8.43. The second kappa shape index (κ2) is 9.50. The van der Waals surface area contributed by atoms with Crippen LogP contribution in [0.25, 0.3) is 21.3 Å². The molecule has 0 saturated heterocycles. The summed E-state index contributed by atoms with van der Waals surface area (Å²) in [4.78, 5) is 16.7. The molecule has 3 aromatic heterocycles. The molecule has 0 radical (unpaired) electrons. The van der Waals surface area contributed by atoms with Gasteiger partial charge < -0.3 is 24.5 Å². The average molecular weight is 470 g/mol. The van der Waals surface area contributed by atoms with Crippen molar-refractivity contribution in [2.45, 2.75) is 20.4 Å². The Kier molecular flexibility index (Phi) is 6.50. The van der Waals surface area contributed by atoms with Crippen molar-refractivity contribution in [1.82, 2.24) is 9.55 Å². The summed E-state index contributed by atoms with van der Waals surface area (Å²) >= 11 is 1.15. The largest absolute Gasteiger partial charge is 0.496 e. The van der Waals surface area contributed by atoms with Crippen molar-refractivity contribution in [1.29, 1.82) is 0 Å². The first-order chi connectivity index (χ1) is 15.9. The minimum Gasteiger partial charge on any atom is -0.496 e. The summed E-state index contributed by atoms with van der Waals surface area (Å²) in [7, 11) is 1.57. The maximum Gasteiger partial charge on any atom is 0.349 e. The molecule has 1 aromatic carbocycles. The number of aromatic carboxylic acids is 1. The molecule has 33 heavy (non-hydrogen) atoms. The van der Waals surface area contributed by atoms with Crippen LogP contribution in [0.2, 0.25) is 0 Å². The summed E-state index contributed by atoms with van der Waals surface area (Å²) in [5.74, 6) is -0.313. The third kappa shape index (κ3) is 4.49. The number of fused-ring (bicyclic) bond motifs is 1. The van der Waals surface area contributed by atoms with Crippen LogP contribution in [0, 0.1) is 12.7 Å². The molecule has 0 aliphatic carbocycles. The monoisotopic (exact) mass is 469 g/mol. The molecule has 4 rings (SSSR count). The van der Waals surface area contributed by atoms with Gasteiger partial charge >= 0.3 is 5.97 Å². The second-order valence-electron chi connectivity index (χ2n) is 7.38. The van der Waals surface area contributed by atoms with Gasteiger partial charge in [0.05, 0.1) is 24.9 Å². The SMILES string of the molecule is CCOc1cc(-c2cncc(NCCn3c(C)cc4c(OC)ccc(F)c43)c2)sc1C(=O)O. The molecule has 0 atom stereocenters. The van der Waals surface area contributed by atoms with Crippen LogP contribution in [0.3, 0.4) is 0 Å². The van der Waals surface area contributed by atoms with Crippen LogP contribution >= 0.6 is 11.3 Å². The molecule has 172 valence electrons. The number of thiophene rings is 1. The van der Waals surface area contributed by atoms with E-state index in [0.29, 0.717) is 36.7 Å². The quantitative estimate of drug-likeness (QED) is 0.340. The Hall–Kier alpha value is -3.59. The molecule has 0 saturated carbocycles. The van der Waals surface area contributed by atoms with E-state index in [1.165, 1.54) is 6.07 Å². The topological polar surface area (TPSA) is 85.6 Å². The lowest BCUT2D eigenvalue weighted by atomic mass is 10.2. The molecule has 0 amide bonds. The highest BCUT2D eigenvalue weighted by Crippen LogP contribution is 2.37. The fourth-order valence-electron chi connectivity index (χ4n) is 3.82. The molecule has 0 aliphatic heterocycles. The van der Waals surface area contributed by atoms with Gasteiger partial charge in [-0.05, 0) is 44.2 Å². The summed E-state index contributed by atoms with van der Waals surface area (Å²) in [5, 5.41) is 13.5. The number of nitrogens with zero attached hydrogens (tertiary/aromatic N) is 2. The summed E-state index contributed by atoms with van der Waals surface area (Å²) in [6, 6.07) is 8.61. The van der Waals surface area contributed by atoms with Crippen molar-refractivity contribution in [3.63, 3.8) is 0 Å². The molecule has 0 spiro atoms. The normalized spacial score (nSPS) is 11.0. The van der Waals surface area contributed by atoms with Gasteiger partial charge in [-0.25, -0.2) is 9.18 Å². The molecule has 0 bridgehead atoms. The Labute approximate surface area is 194 Å². The number of carbonyl (C=O) groups is 1. The maximum absolute atomic E-state index is 14.6. The van der Waals surface area contributed by atoms with Crippen molar-refractivity contribution < 1.29 is 23.8 Å². The fraction of sp³-hybridized carbons (Fsp3) is 0.250. The van der Waals surface area contributed by atoms with Crippen LogP contribution in [0.1, 0.15) is 22.3 Å². The summed E-state index contributed by atoms with van der Waals surface area (Å²) in [5.41, 5.74) is 3.02. The number of pyridine rings is 1. The standard InChI is InChI=1S/C24H24FN3O4S/c1-4-32-20-11-21(33-23(20)24(29)30)15-10-16(13-26-12-15)27-7-8-28-14(2)9-17-19(31-3)6-5-18(25)22(17)28/h5-6,9-13,27H,4,7-8H2,1-3H3,(H,29,30). The Morgan fingerprint density at radius 2 is 2.06 bits per heavy atom. The molecule has 9 heteroatoms. The highest BCUT2D eigenvalue weighted by Gasteiger charge is 2.18. The van der Waals surface area contributed by atoms with Crippen molar-refractivity contribution in [2.24, 2.45) is 0 Å². The van der Waals surface area contributed by atoms with E-state index >= 15 is 0 Å². The highest BCUT2D eigenvalue weighted by molar-refractivity contribution is 7.17. The molecule has 2 N–H and O–H groups in total. The number of hydrogen-bond donors (Lipinski definition) is 2. The van der Waals surface area contributed by atoms with Crippen molar-refractivity contribution in [3.8, 4) is 21.9 Å². The van der Waals surface area contributed by atoms with Gasteiger partial charge in [-0.2, -0.15) is 0 Å². The molecule has 4 aromatic rings. The van der Waals surface area contributed by atoms with Gasteiger partial charge in [0.1, 0.15) is 17.3 Å². The number of carboxylic acids is 1. The Balaban J connectivity index is 1.53. The van der Waals surface area contributed by atoms with E-state index in [9.17, 15) is 14.3 Å². The lowest BCUT2D eigenvalue weighted by Gasteiger charge is -2.12. The van der Waals surface area contributed by atoms with E-state index < -0.39 is 5.97 Å². The van der Waals surface area contributed by atoms with E-state index in [2.05, 4.69) is 10.3 Å². The van der Waals surface area contributed by atoms with Crippen molar-refractivity contribution >= 4 is 33.9 Å². The summed E-state index contributed by atoms with van der Waals surface area (Å²) in [6.45, 7) is 5.22. The van der Waals surface area contributed by atoms with Gasteiger partial charge in [-0.1, -0.05) is 0 Å². The number of ether oxygens (including phenoxy) is 2. The maximum atomic E-state index is 14.6. The third-order valence-corrected chi connectivity index (χ3v) is 6.43. The van der Waals surface area contributed by atoms with Crippen molar-refractivity contribution in [2.75, 3.05) is 25.6 Å². The average Bonchev–Trinajstić information content (AvgIpc) is 3.37. The zero-order valence-corrected chi connectivity index (χ0v) is 19.3. The number of methoxy groups -OCH3 is 1.